The van der Waals surface area contributed by atoms with Gasteiger partial charge in [0.2, 0.25) is 10.0 Å². The molecule has 128 valence electrons. The minimum Gasteiger partial charge on any atom is -0.484 e. The quantitative estimate of drug-likeness (QED) is 0.673. The van der Waals surface area contributed by atoms with E-state index in [0.717, 1.165) is 7.88 Å². The lowest BCUT2D eigenvalue weighted by Crippen LogP contribution is -2.23. The van der Waals surface area contributed by atoms with Gasteiger partial charge in [0, 0.05) is 23.4 Å². The number of carbonyl (C=O) groups is 1. The normalized spacial score (nSPS) is 11.3. The fourth-order valence-electron chi connectivity index (χ4n) is 1.85. The van der Waals surface area contributed by atoms with Gasteiger partial charge in [-0.25, -0.2) is 12.7 Å². The molecule has 2 aromatic rings. The summed E-state index contributed by atoms with van der Waals surface area (Å²) in [7, 11) is -0.637. The first-order valence-corrected chi connectivity index (χ1v) is 9.52. The second-order valence-corrected chi connectivity index (χ2v) is 8.51. The van der Waals surface area contributed by atoms with Gasteiger partial charge in [-0.05, 0) is 59.0 Å². The van der Waals surface area contributed by atoms with Crippen molar-refractivity contribution in [3.05, 3.63) is 52.1 Å². The SMILES string of the molecule is CN(C)S(=O)(=O)c1cccc(NC(=O)COc2cccc(I)c2)c1. The predicted octanol–water partition coefficient (Wildman–Crippen LogP) is 2.56. The van der Waals surface area contributed by atoms with Crippen LogP contribution in [0.2, 0.25) is 0 Å². The zero-order valence-electron chi connectivity index (χ0n) is 13.2. The molecule has 1 amide bonds. The molecule has 0 aromatic heterocycles. The van der Waals surface area contributed by atoms with Crippen LogP contribution >= 0.6 is 22.6 Å². The molecule has 8 heteroatoms. The Morgan fingerprint density at radius 1 is 1.17 bits per heavy atom. The van der Waals surface area contributed by atoms with E-state index in [4.69, 9.17) is 4.74 Å². The van der Waals surface area contributed by atoms with Gasteiger partial charge < -0.3 is 10.1 Å². The average Bonchev–Trinajstić information content (AvgIpc) is 2.53. The Morgan fingerprint density at radius 2 is 1.88 bits per heavy atom. The molecule has 0 radical (unpaired) electrons. The van der Waals surface area contributed by atoms with Gasteiger partial charge in [-0.3, -0.25) is 4.79 Å². The second kappa shape index (κ2) is 7.95. The molecule has 0 aliphatic carbocycles. The van der Waals surface area contributed by atoms with Gasteiger partial charge in [0.25, 0.3) is 5.91 Å². The maximum atomic E-state index is 12.1. The molecular formula is C16H17IN2O4S. The maximum Gasteiger partial charge on any atom is 0.262 e. The summed E-state index contributed by atoms with van der Waals surface area (Å²) in [5, 5.41) is 2.63. The smallest absolute Gasteiger partial charge is 0.262 e. The van der Waals surface area contributed by atoms with E-state index < -0.39 is 10.0 Å². The highest BCUT2D eigenvalue weighted by Gasteiger charge is 2.17. The topological polar surface area (TPSA) is 75.7 Å². The summed E-state index contributed by atoms with van der Waals surface area (Å²) in [5.74, 6) is 0.231. The van der Waals surface area contributed by atoms with E-state index in [0.29, 0.717) is 11.4 Å². The van der Waals surface area contributed by atoms with Crippen LogP contribution in [0.1, 0.15) is 0 Å². The lowest BCUT2D eigenvalue weighted by molar-refractivity contribution is -0.118. The third kappa shape index (κ3) is 4.92. The number of sulfonamides is 1. The van der Waals surface area contributed by atoms with E-state index in [9.17, 15) is 13.2 Å². The third-order valence-electron chi connectivity index (χ3n) is 3.06. The van der Waals surface area contributed by atoms with E-state index >= 15 is 0 Å². The van der Waals surface area contributed by atoms with Crippen LogP contribution in [0.3, 0.4) is 0 Å². The van der Waals surface area contributed by atoms with Crippen molar-refractivity contribution in [2.75, 3.05) is 26.0 Å². The molecule has 0 aliphatic rings. The number of rotatable bonds is 6. The van der Waals surface area contributed by atoms with Gasteiger partial charge in [0.15, 0.2) is 6.61 Å². The Balaban J connectivity index is 2.02. The average molecular weight is 460 g/mol. The second-order valence-electron chi connectivity index (χ2n) is 5.11. The summed E-state index contributed by atoms with van der Waals surface area (Å²) in [4.78, 5) is 12.1. The highest BCUT2D eigenvalue weighted by Crippen LogP contribution is 2.18. The number of halogens is 1. The number of nitrogens with zero attached hydrogens (tertiary/aromatic N) is 1. The van der Waals surface area contributed by atoms with Gasteiger partial charge in [0.05, 0.1) is 4.90 Å². The van der Waals surface area contributed by atoms with E-state index in [2.05, 4.69) is 27.9 Å². The van der Waals surface area contributed by atoms with Gasteiger partial charge in [-0.1, -0.05) is 12.1 Å². The van der Waals surface area contributed by atoms with Crippen LogP contribution in [0.25, 0.3) is 0 Å². The Hall–Kier alpha value is -1.65. The fraction of sp³-hybridized carbons (Fsp3) is 0.188. The predicted molar refractivity (Wildman–Crippen MR) is 101 cm³/mol. The molecular weight excluding hydrogens is 443 g/mol. The van der Waals surface area contributed by atoms with Crippen LogP contribution in [0, 0.1) is 3.57 Å². The number of nitrogens with one attached hydrogen (secondary N) is 1. The number of hydrogen-bond donors (Lipinski definition) is 1. The summed E-state index contributed by atoms with van der Waals surface area (Å²) >= 11 is 2.16. The summed E-state index contributed by atoms with van der Waals surface area (Å²) in [6, 6.07) is 13.4. The molecule has 0 saturated heterocycles. The van der Waals surface area contributed by atoms with E-state index in [1.807, 2.05) is 18.2 Å². The van der Waals surface area contributed by atoms with Crippen molar-refractivity contribution in [2.45, 2.75) is 4.90 Å². The van der Waals surface area contributed by atoms with Gasteiger partial charge in [-0.2, -0.15) is 0 Å². The molecule has 0 fully saturated rings. The van der Waals surface area contributed by atoms with Crippen molar-refractivity contribution < 1.29 is 17.9 Å². The van der Waals surface area contributed by atoms with Crippen LogP contribution in [0.5, 0.6) is 5.75 Å². The van der Waals surface area contributed by atoms with Crippen molar-refractivity contribution in [3.63, 3.8) is 0 Å². The van der Waals surface area contributed by atoms with Crippen molar-refractivity contribution >= 4 is 44.2 Å². The Morgan fingerprint density at radius 3 is 2.54 bits per heavy atom. The molecule has 1 N–H and O–H groups in total. The Bertz CT molecular complexity index is 837. The van der Waals surface area contributed by atoms with Crippen molar-refractivity contribution in [2.24, 2.45) is 0 Å². The molecule has 2 rings (SSSR count). The van der Waals surface area contributed by atoms with Crippen LogP contribution < -0.4 is 10.1 Å². The lowest BCUT2D eigenvalue weighted by atomic mass is 10.3. The Labute approximate surface area is 155 Å². The van der Waals surface area contributed by atoms with Gasteiger partial charge in [-0.15, -0.1) is 0 Å². The molecule has 0 spiro atoms. The standard InChI is InChI=1S/C16H17IN2O4S/c1-19(2)24(21,22)15-8-4-6-13(10-15)18-16(20)11-23-14-7-3-5-12(17)9-14/h3-10H,11H2,1-2H3,(H,18,20). The van der Waals surface area contributed by atoms with Gasteiger partial charge >= 0.3 is 0 Å². The molecule has 0 bridgehead atoms. The molecule has 0 heterocycles. The summed E-state index contributed by atoms with van der Waals surface area (Å²) in [5.41, 5.74) is 0.397. The number of carbonyl (C=O) groups excluding carboxylic acids is 1. The van der Waals surface area contributed by atoms with Crippen LogP contribution in [-0.4, -0.2) is 39.3 Å². The zero-order valence-corrected chi connectivity index (χ0v) is 16.2. The third-order valence-corrected chi connectivity index (χ3v) is 5.54. The summed E-state index contributed by atoms with van der Waals surface area (Å²) in [6.45, 7) is -0.162. The molecule has 2 aromatic carbocycles. The molecule has 0 unspecified atom stereocenters. The minimum atomic E-state index is -3.55. The number of benzene rings is 2. The largest absolute Gasteiger partial charge is 0.484 e. The van der Waals surface area contributed by atoms with Crippen LogP contribution in [0.15, 0.2) is 53.4 Å². The fourth-order valence-corrected chi connectivity index (χ4v) is 3.31. The first-order chi connectivity index (χ1) is 11.3. The molecule has 0 aliphatic heterocycles. The van der Waals surface area contributed by atoms with Crippen LogP contribution in [0.4, 0.5) is 5.69 Å². The van der Waals surface area contributed by atoms with Crippen molar-refractivity contribution in [1.82, 2.24) is 4.31 Å². The van der Waals surface area contributed by atoms with E-state index in [-0.39, 0.29) is 17.4 Å². The number of hydrogen-bond acceptors (Lipinski definition) is 4. The van der Waals surface area contributed by atoms with Gasteiger partial charge in [0.1, 0.15) is 5.75 Å². The van der Waals surface area contributed by atoms with Crippen molar-refractivity contribution in [1.29, 1.82) is 0 Å². The Kier molecular flexibility index (Phi) is 6.19. The lowest BCUT2D eigenvalue weighted by Gasteiger charge is -2.13. The van der Waals surface area contributed by atoms with Crippen molar-refractivity contribution in [3.8, 4) is 5.75 Å². The highest BCUT2D eigenvalue weighted by molar-refractivity contribution is 14.1. The highest BCUT2D eigenvalue weighted by atomic mass is 127. The summed E-state index contributed by atoms with van der Waals surface area (Å²) in [6.07, 6.45) is 0. The number of amides is 1. The zero-order chi connectivity index (χ0) is 17.7. The first kappa shape index (κ1) is 18.7. The summed E-state index contributed by atoms with van der Waals surface area (Å²) < 4.78 is 31.7. The molecule has 6 nitrogen and oxygen atoms in total. The van der Waals surface area contributed by atoms with E-state index in [1.165, 1.54) is 26.2 Å². The van der Waals surface area contributed by atoms with E-state index in [1.54, 1.807) is 18.2 Å². The molecule has 0 saturated carbocycles. The number of anilines is 1. The monoisotopic (exact) mass is 460 g/mol. The first-order valence-electron chi connectivity index (χ1n) is 7.00. The molecule has 24 heavy (non-hydrogen) atoms. The maximum absolute atomic E-state index is 12.1. The van der Waals surface area contributed by atoms with Crippen LogP contribution in [-0.2, 0) is 14.8 Å². The molecule has 0 atom stereocenters. The number of ether oxygens (including phenoxy) is 1. The minimum absolute atomic E-state index is 0.115.